The third-order valence-electron chi connectivity index (χ3n) is 4.30. The number of ether oxygens (including phenoxy) is 1. The third kappa shape index (κ3) is 4.49. The van der Waals surface area contributed by atoms with E-state index in [1.807, 2.05) is 0 Å². The van der Waals surface area contributed by atoms with E-state index in [1.54, 1.807) is 11.8 Å². The van der Waals surface area contributed by atoms with E-state index in [2.05, 4.69) is 5.32 Å². The van der Waals surface area contributed by atoms with E-state index in [-0.39, 0.29) is 27.5 Å². The lowest BCUT2D eigenvalue weighted by Gasteiger charge is -2.25. The van der Waals surface area contributed by atoms with Gasteiger partial charge in [-0.05, 0) is 31.0 Å². The van der Waals surface area contributed by atoms with Crippen LogP contribution in [0, 0.1) is 0 Å². The zero-order valence-corrected chi connectivity index (χ0v) is 16.1. The Morgan fingerprint density at radius 3 is 2.80 bits per heavy atom. The molecule has 0 unspecified atom stereocenters. The number of benzene rings is 1. The lowest BCUT2D eigenvalue weighted by Crippen LogP contribution is -2.38. The predicted molar refractivity (Wildman–Crippen MR) is 98.8 cm³/mol. The van der Waals surface area contributed by atoms with Gasteiger partial charge < -0.3 is 10.1 Å². The van der Waals surface area contributed by atoms with Crippen LogP contribution in [-0.4, -0.2) is 62.5 Å². The molecule has 1 amide bonds. The zero-order chi connectivity index (χ0) is 17.9. The number of nitrogens with one attached hydrogen (secondary N) is 1. The van der Waals surface area contributed by atoms with Gasteiger partial charge in [-0.25, -0.2) is 8.42 Å². The maximum atomic E-state index is 12.8. The first-order valence-corrected chi connectivity index (χ1v) is 11.2. The van der Waals surface area contributed by atoms with Gasteiger partial charge in [-0.2, -0.15) is 16.1 Å². The fourth-order valence-electron chi connectivity index (χ4n) is 2.88. The monoisotopic (exact) mass is 404 g/mol. The topological polar surface area (TPSA) is 75.7 Å². The fraction of sp³-hybridized carbons (Fsp3) is 0.562. The van der Waals surface area contributed by atoms with Crippen LogP contribution in [0.3, 0.4) is 0 Å². The van der Waals surface area contributed by atoms with Gasteiger partial charge in [0.2, 0.25) is 10.0 Å². The average Bonchev–Trinajstić information content (AvgIpc) is 3.14. The van der Waals surface area contributed by atoms with E-state index < -0.39 is 10.0 Å². The highest BCUT2D eigenvalue weighted by molar-refractivity contribution is 7.99. The van der Waals surface area contributed by atoms with Crippen molar-refractivity contribution in [1.29, 1.82) is 0 Å². The van der Waals surface area contributed by atoms with Crippen LogP contribution in [0.25, 0.3) is 0 Å². The van der Waals surface area contributed by atoms with Gasteiger partial charge in [-0.15, -0.1) is 0 Å². The Bertz CT molecular complexity index is 730. The first-order chi connectivity index (χ1) is 12.0. The molecule has 1 N–H and O–H groups in total. The maximum absolute atomic E-state index is 12.8. The largest absolute Gasteiger partial charge is 0.376 e. The Hall–Kier alpha value is -0.800. The Balaban J connectivity index is 1.76. The molecule has 138 valence electrons. The molecule has 0 saturated carbocycles. The van der Waals surface area contributed by atoms with Crippen molar-refractivity contribution in [3.63, 3.8) is 0 Å². The molecule has 1 aromatic rings. The van der Waals surface area contributed by atoms with E-state index in [9.17, 15) is 13.2 Å². The van der Waals surface area contributed by atoms with Crippen molar-refractivity contribution in [3.05, 3.63) is 28.8 Å². The molecule has 0 bridgehead atoms. The molecular weight excluding hydrogens is 384 g/mol. The summed E-state index contributed by atoms with van der Waals surface area (Å²) in [6.45, 7) is 2.07. The van der Waals surface area contributed by atoms with Crippen molar-refractivity contribution in [1.82, 2.24) is 9.62 Å². The van der Waals surface area contributed by atoms with Gasteiger partial charge in [0, 0.05) is 37.7 Å². The van der Waals surface area contributed by atoms with Crippen molar-refractivity contribution in [2.75, 3.05) is 37.7 Å². The van der Waals surface area contributed by atoms with Gasteiger partial charge in [0.15, 0.2) is 0 Å². The summed E-state index contributed by atoms with van der Waals surface area (Å²) >= 11 is 7.85. The number of sulfonamides is 1. The van der Waals surface area contributed by atoms with Crippen LogP contribution in [0.5, 0.6) is 0 Å². The highest BCUT2D eigenvalue weighted by Gasteiger charge is 2.27. The van der Waals surface area contributed by atoms with E-state index >= 15 is 0 Å². The molecule has 0 aromatic heterocycles. The smallest absolute Gasteiger partial charge is 0.252 e. The van der Waals surface area contributed by atoms with E-state index in [4.69, 9.17) is 16.3 Å². The summed E-state index contributed by atoms with van der Waals surface area (Å²) in [4.78, 5) is 12.5. The molecule has 1 aromatic carbocycles. The molecule has 1 atom stereocenters. The summed E-state index contributed by atoms with van der Waals surface area (Å²) in [5.74, 6) is 1.18. The minimum Gasteiger partial charge on any atom is -0.376 e. The normalized spacial score (nSPS) is 22.0. The standard InChI is InChI=1S/C16H21ClN2O4S2/c17-15-4-3-13(25(21,22)19-5-8-24-9-6-19)10-14(15)16(20)18-11-12-2-1-7-23-12/h3-4,10,12H,1-2,5-9,11H2,(H,18,20)/t12-/m0/s1. The number of carbonyl (C=O) groups excluding carboxylic acids is 1. The second-order valence-electron chi connectivity index (χ2n) is 6.00. The minimum atomic E-state index is -3.61. The van der Waals surface area contributed by atoms with Crippen molar-refractivity contribution >= 4 is 39.3 Å². The van der Waals surface area contributed by atoms with Crippen LogP contribution in [0.15, 0.2) is 23.1 Å². The Labute approximate surface area is 157 Å². The van der Waals surface area contributed by atoms with Crippen LogP contribution >= 0.6 is 23.4 Å². The van der Waals surface area contributed by atoms with Gasteiger partial charge in [-0.1, -0.05) is 11.6 Å². The molecule has 9 heteroatoms. The molecule has 3 rings (SSSR count). The summed E-state index contributed by atoms with van der Waals surface area (Å²) in [5.41, 5.74) is 0.173. The van der Waals surface area contributed by atoms with Crippen molar-refractivity contribution in [2.24, 2.45) is 0 Å². The molecular formula is C16H21ClN2O4S2. The van der Waals surface area contributed by atoms with Gasteiger partial charge in [0.25, 0.3) is 5.91 Å². The summed E-state index contributed by atoms with van der Waals surface area (Å²) in [7, 11) is -3.61. The highest BCUT2D eigenvalue weighted by atomic mass is 35.5. The van der Waals surface area contributed by atoms with E-state index in [0.29, 0.717) is 26.2 Å². The summed E-state index contributed by atoms with van der Waals surface area (Å²) in [6, 6.07) is 4.29. The molecule has 2 saturated heterocycles. The maximum Gasteiger partial charge on any atom is 0.252 e. The number of nitrogens with zero attached hydrogens (tertiary/aromatic N) is 1. The van der Waals surface area contributed by atoms with Crippen LogP contribution < -0.4 is 5.32 Å². The summed E-state index contributed by atoms with van der Waals surface area (Å²) in [6.07, 6.45) is 1.92. The Morgan fingerprint density at radius 1 is 1.36 bits per heavy atom. The molecule has 0 spiro atoms. The number of hydrogen-bond donors (Lipinski definition) is 1. The summed E-state index contributed by atoms with van der Waals surface area (Å²) < 4.78 is 32.5. The molecule has 2 heterocycles. The number of thioether (sulfide) groups is 1. The lowest BCUT2D eigenvalue weighted by atomic mass is 10.2. The number of halogens is 1. The second kappa shape index (κ2) is 8.26. The molecule has 2 fully saturated rings. The zero-order valence-electron chi connectivity index (χ0n) is 13.7. The van der Waals surface area contributed by atoms with Crippen LogP contribution in [0.1, 0.15) is 23.2 Å². The SMILES string of the molecule is O=C(NC[C@@H]1CCCO1)c1cc(S(=O)(=O)N2CCSCC2)ccc1Cl. The highest BCUT2D eigenvalue weighted by Crippen LogP contribution is 2.25. The van der Waals surface area contributed by atoms with Crippen molar-refractivity contribution in [3.8, 4) is 0 Å². The Morgan fingerprint density at radius 2 is 2.12 bits per heavy atom. The second-order valence-corrected chi connectivity index (χ2v) is 9.57. The number of rotatable bonds is 5. The predicted octanol–water partition coefficient (Wildman–Crippen LogP) is 1.99. The fourth-order valence-corrected chi connectivity index (χ4v) is 5.69. The first-order valence-electron chi connectivity index (χ1n) is 8.26. The van der Waals surface area contributed by atoms with Crippen molar-refractivity contribution in [2.45, 2.75) is 23.8 Å². The van der Waals surface area contributed by atoms with Crippen LogP contribution in [0.2, 0.25) is 5.02 Å². The minimum absolute atomic E-state index is 0.0143. The number of carbonyl (C=O) groups is 1. The molecule has 2 aliphatic heterocycles. The van der Waals surface area contributed by atoms with Gasteiger partial charge in [0.1, 0.15) is 0 Å². The number of hydrogen-bond acceptors (Lipinski definition) is 5. The summed E-state index contributed by atoms with van der Waals surface area (Å²) in [5, 5.41) is 3.01. The van der Waals surface area contributed by atoms with Gasteiger partial charge in [-0.3, -0.25) is 4.79 Å². The molecule has 2 aliphatic rings. The van der Waals surface area contributed by atoms with E-state index in [1.165, 1.54) is 22.5 Å². The third-order valence-corrected chi connectivity index (χ3v) is 7.47. The average molecular weight is 405 g/mol. The molecule has 0 radical (unpaired) electrons. The first kappa shape index (κ1) is 19.0. The molecule has 0 aliphatic carbocycles. The van der Waals surface area contributed by atoms with Gasteiger partial charge >= 0.3 is 0 Å². The Kier molecular flexibility index (Phi) is 6.27. The molecule has 25 heavy (non-hydrogen) atoms. The van der Waals surface area contributed by atoms with Crippen LogP contribution in [0.4, 0.5) is 0 Å². The quantitative estimate of drug-likeness (QED) is 0.812. The van der Waals surface area contributed by atoms with Crippen LogP contribution in [-0.2, 0) is 14.8 Å². The lowest BCUT2D eigenvalue weighted by molar-refractivity contribution is 0.0857. The van der Waals surface area contributed by atoms with Crippen molar-refractivity contribution < 1.29 is 17.9 Å². The molecule has 6 nitrogen and oxygen atoms in total. The number of amides is 1. The van der Waals surface area contributed by atoms with E-state index in [0.717, 1.165) is 24.3 Å². The van der Waals surface area contributed by atoms with Gasteiger partial charge in [0.05, 0.1) is 21.6 Å².